The Morgan fingerprint density at radius 2 is 2.00 bits per heavy atom. The van der Waals surface area contributed by atoms with Crippen molar-refractivity contribution in [2.45, 2.75) is 30.4 Å². The quantitative estimate of drug-likeness (QED) is 0.600. The van der Waals surface area contributed by atoms with E-state index in [0.717, 1.165) is 10.0 Å². The molecular weight excluding hydrogens is 362 g/mol. The van der Waals surface area contributed by atoms with Crippen molar-refractivity contribution in [3.8, 4) is 5.69 Å². The molecule has 1 aliphatic heterocycles. The van der Waals surface area contributed by atoms with Gasteiger partial charge in [0.1, 0.15) is 0 Å². The van der Waals surface area contributed by atoms with Crippen LogP contribution in [0.15, 0.2) is 34.7 Å². The molecule has 0 saturated carbocycles. The largest absolute Gasteiger partial charge is 0.372 e. The minimum atomic E-state index is 0.0852. The van der Waals surface area contributed by atoms with Crippen molar-refractivity contribution in [2.75, 3.05) is 18.8 Å². The molecule has 1 saturated heterocycles. The van der Waals surface area contributed by atoms with Gasteiger partial charge < -0.3 is 9.64 Å². The molecule has 5 nitrogen and oxygen atoms in total. The number of aromatic nitrogens is 2. The van der Waals surface area contributed by atoms with E-state index in [9.17, 15) is 4.79 Å². The highest BCUT2D eigenvalue weighted by molar-refractivity contribution is 8.01. The Hall–Kier alpha value is -1.22. The van der Waals surface area contributed by atoms with E-state index in [0.29, 0.717) is 22.8 Å². The molecule has 1 aliphatic rings. The minimum Gasteiger partial charge on any atom is -0.372 e. The van der Waals surface area contributed by atoms with E-state index in [4.69, 9.17) is 17.0 Å². The zero-order chi connectivity index (χ0) is 17.1. The van der Waals surface area contributed by atoms with Crippen molar-refractivity contribution in [1.82, 2.24) is 14.7 Å². The van der Waals surface area contributed by atoms with Crippen LogP contribution in [0, 0.1) is 3.95 Å². The molecule has 0 unspecified atom stereocenters. The van der Waals surface area contributed by atoms with Crippen LogP contribution >= 0.6 is 35.3 Å². The molecule has 0 spiro atoms. The molecule has 2 heterocycles. The third-order valence-electron chi connectivity index (χ3n) is 3.62. The number of nitrogens with zero attached hydrogens (tertiary/aromatic N) is 3. The normalized spacial score (nSPS) is 21.0. The van der Waals surface area contributed by atoms with Crippen LogP contribution in [0.4, 0.5) is 0 Å². The lowest BCUT2D eigenvalue weighted by Crippen LogP contribution is -2.48. The third kappa shape index (κ3) is 4.24. The van der Waals surface area contributed by atoms with Gasteiger partial charge >= 0.3 is 0 Å². The number of carbonyl (C=O) groups excluding carboxylic acids is 1. The van der Waals surface area contributed by atoms with Crippen LogP contribution in [0.25, 0.3) is 5.69 Å². The third-order valence-corrected chi connectivity index (χ3v) is 5.97. The van der Waals surface area contributed by atoms with Gasteiger partial charge in [0, 0.05) is 13.1 Å². The average molecular weight is 382 g/mol. The van der Waals surface area contributed by atoms with Crippen LogP contribution in [0.5, 0.6) is 0 Å². The van der Waals surface area contributed by atoms with Crippen molar-refractivity contribution in [2.24, 2.45) is 0 Å². The lowest BCUT2D eigenvalue weighted by atomic mass is 10.2. The minimum absolute atomic E-state index is 0.0852. The Morgan fingerprint density at radius 1 is 1.33 bits per heavy atom. The van der Waals surface area contributed by atoms with Gasteiger partial charge in [0.2, 0.25) is 5.91 Å². The Kier molecular flexibility index (Phi) is 5.70. The number of hydrogen-bond acceptors (Lipinski definition) is 6. The SMILES string of the molecule is C[C@@H]1CN(C(=O)CSc2nn(-c3ccccc3)c(=S)s2)C[C@H](C)O1. The first-order valence-corrected chi connectivity index (χ1v) is 9.95. The molecule has 1 aromatic carbocycles. The van der Waals surface area contributed by atoms with Crippen LogP contribution in [0.3, 0.4) is 0 Å². The number of thioether (sulfide) groups is 1. The molecule has 1 aromatic heterocycles. The molecule has 8 heteroatoms. The Bertz CT molecular complexity index is 749. The fourth-order valence-electron chi connectivity index (χ4n) is 2.65. The Labute approximate surface area is 154 Å². The number of ether oxygens (including phenoxy) is 1. The average Bonchev–Trinajstić information content (AvgIpc) is 2.93. The predicted octanol–water partition coefficient (Wildman–Crippen LogP) is 3.39. The first-order valence-electron chi connectivity index (χ1n) is 7.74. The molecule has 1 amide bonds. The molecule has 0 radical (unpaired) electrons. The number of benzene rings is 1. The van der Waals surface area contributed by atoms with Crippen LogP contribution < -0.4 is 0 Å². The van der Waals surface area contributed by atoms with Crippen LogP contribution in [-0.4, -0.2) is 51.6 Å². The standard InChI is InChI=1S/C16H19N3O2S3/c1-11-8-18(9-12(2)21-11)14(20)10-23-15-17-19(16(22)24-15)13-6-4-3-5-7-13/h3-7,11-12H,8-10H2,1-2H3/t11-,12+. The maximum atomic E-state index is 12.4. The van der Waals surface area contributed by atoms with Crippen LogP contribution in [0.1, 0.15) is 13.8 Å². The summed E-state index contributed by atoms with van der Waals surface area (Å²) in [5.41, 5.74) is 0.938. The Morgan fingerprint density at radius 3 is 2.67 bits per heavy atom. The summed E-state index contributed by atoms with van der Waals surface area (Å²) in [5.74, 6) is 0.491. The highest BCUT2D eigenvalue weighted by Crippen LogP contribution is 2.24. The first-order chi connectivity index (χ1) is 11.5. The molecular formula is C16H19N3O2S3. The molecule has 2 aromatic rings. The summed E-state index contributed by atoms with van der Waals surface area (Å²) in [5, 5.41) is 4.53. The summed E-state index contributed by atoms with van der Waals surface area (Å²) in [6.07, 6.45) is 0.170. The van der Waals surface area contributed by atoms with E-state index in [1.165, 1.54) is 23.1 Å². The van der Waals surface area contributed by atoms with Gasteiger partial charge in [0.05, 0.1) is 23.6 Å². The molecule has 0 aliphatic carbocycles. The van der Waals surface area contributed by atoms with Gasteiger partial charge in [-0.2, -0.15) is 0 Å². The maximum Gasteiger partial charge on any atom is 0.233 e. The van der Waals surface area contributed by atoms with Crippen molar-refractivity contribution < 1.29 is 9.53 Å². The fourth-order valence-corrected chi connectivity index (χ4v) is 4.91. The maximum absolute atomic E-state index is 12.4. The van der Waals surface area contributed by atoms with E-state index < -0.39 is 0 Å². The van der Waals surface area contributed by atoms with Gasteiger partial charge in [-0.25, -0.2) is 4.68 Å². The van der Waals surface area contributed by atoms with Gasteiger partial charge in [0.15, 0.2) is 8.29 Å². The summed E-state index contributed by atoms with van der Waals surface area (Å²) in [7, 11) is 0. The van der Waals surface area contributed by atoms with Gasteiger partial charge in [-0.3, -0.25) is 4.79 Å². The highest BCUT2D eigenvalue weighted by atomic mass is 32.2. The van der Waals surface area contributed by atoms with E-state index in [1.807, 2.05) is 49.1 Å². The zero-order valence-electron chi connectivity index (χ0n) is 13.5. The van der Waals surface area contributed by atoms with Crippen LogP contribution in [0.2, 0.25) is 0 Å². The molecule has 128 valence electrons. The number of para-hydroxylation sites is 1. The first kappa shape index (κ1) is 17.6. The summed E-state index contributed by atoms with van der Waals surface area (Å²) >= 11 is 8.26. The molecule has 3 rings (SSSR count). The van der Waals surface area contributed by atoms with Crippen molar-refractivity contribution in [3.05, 3.63) is 34.3 Å². The fraction of sp³-hybridized carbons (Fsp3) is 0.438. The van der Waals surface area contributed by atoms with Crippen molar-refractivity contribution in [3.63, 3.8) is 0 Å². The summed E-state index contributed by atoms with van der Waals surface area (Å²) in [4.78, 5) is 14.3. The number of hydrogen-bond donors (Lipinski definition) is 0. The van der Waals surface area contributed by atoms with Crippen LogP contribution in [-0.2, 0) is 9.53 Å². The second-order valence-electron chi connectivity index (χ2n) is 5.73. The lowest BCUT2D eigenvalue weighted by Gasteiger charge is -2.35. The monoisotopic (exact) mass is 381 g/mol. The number of morpholine rings is 1. The topological polar surface area (TPSA) is 47.4 Å². The van der Waals surface area contributed by atoms with Gasteiger partial charge in [-0.15, -0.1) is 5.10 Å². The molecule has 24 heavy (non-hydrogen) atoms. The lowest BCUT2D eigenvalue weighted by molar-refractivity contribution is -0.140. The molecule has 0 bridgehead atoms. The zero-order valence-corrected chi connectivity index (χ0v) is 16.0. The molecule has 1 fully saturated rings. The van der Waals surface area contributed by atoms with E-state index in [-0.39, 0.29) is 18.1 Å². The van der Waals surface area contributed by atoms with Crippen molar-refractivity contribution in [1.29, 1.82) is 0 Å². The van der Waals surface area contributed by atoms with Crippen molar-refractivity contribution >= 4 is 41.2 Å². The second kappa shape index (κ2) is 7.77. The summed E-state index contributed by atoms with van der Waals surface area (Å²) in [6.45, 7) is 5.29. The number of amides is 1. The predicted molar refractivity (Wildman–Crippen MR) is 99.6 cm³/mol. The molecule has 0 N–H and O–H groups in total. The molecule has 2 atom stereocenters. The van der Waals surface area contributed by atoms with Gasteiger partial charge in [-0.1, -0.05) is 41.3 Å². The number of carbonyl (C=O) groups is 1. The van der Waals surface area contributed by atoms with Gasteiger partial charge in [-0.05, 0) is 38.2 Å². The smallest absolute Gasteiger partial charge is 0.233 e. The summed E-state index contributed by atoms with van der Waals surface area (Å²) < 4.78 is 8.91. The van der Waals surface area contributed by atoms with E-state index in [2.05, 4.69) is 5.10 Å². The number of rotatable bonds is 4. The Balaban J connectivity index is 1.63. The second-order valence-corrected chi connectivity index (χ2v) is 8.57. The van der Waals surface area contributed by atoms with Gasteiger partial charge in [0.25, 0.3) is 0 Å². The van der Waals surface area contributed by atoms with E-state index >= 15 is 0 Å². The highest BCUT2D eigenvalue weighted by Gasteiger charge is 2.25. The van der Waals surface area contributed by atoms with E-state index in [1.54, 1.807) is 4.68 Å². The summed E-state index contributed by atoms with van der Waals surface area (Å²) in [6, 6.07) is 9.79.